The fourth-order valence-electron chi connectivity index (χ4n) is 2.22. The number of thioether (sulfide) groups is 1. The predicted molar refractivity (Wildman–Crippen MR) is 110 cm³/mol. The summed E-state index contributed by atoms with van der Waals surface area (Å²) >= 11 is 9.91. The predicted octanol–water partition coefficient (Wildman–Crippen LogP) is 3.31. The molecule has 0 saturated heterocycles. The fourth-order valence-corrected chi connectivity index (χ4v) is 5.17. The van der Waals surface area contributed by atoms with Gasteiger partial charge >= 0.3 is 0 Å². The van der Waals surface area contributed by atoms with Crippen molar-refractivity contribution < 1.29 is 4.79 Å². The summed E-state index contributed by atoms with van der Waals surface area (Å²) in [5, 5.41) is 12.5. The number of rotatable bonds is 5. The van der Waals surface area contributed by atoms with Crippen LogP contribution in [0.15, 0.2) is 21.3 Å². The number of carbonyl (C=O) groups excluding carboxylic acids is 1. The first kappa shape index (κ1) is 20.2. The minimum atomic E-state index is -0.411. The quantitative estimate of drug-likeness (QED) is 0.563. The van der Waals surface area contributed by atoms with E-state index in [4.69, 9.17) is 11.6 Å². The normalized spacial score (nSPS) is 11.9. The molecule has 0 saturated carbocycles. The number of carbonyl (C=O) groups is 1. The van der Waals surface area contributed by atoms with Crippen molar-refractivity contribution in [2.75, 3.05) is 12.8 Å². The molecule has 0 radical (unpaired) electrons. The molecular weight excluding hydrogens is 426 g/mol. The molecule has 0 spiro atoms. The highest BCUT2D eigenvalue weighted by Gasteiger charge is 2.23. The number of fused-ring (bicyclic) bond motifs is 1. The van der Waals surface area contributed by atoms with Gasteiger partial charge in [0.05, 0.1) is 16.6 Å². The summed E-state index contributed by atoms with van der Waals surface area (Å²) in [7, 11) is 1.75. The molecule has 3 heterocycles. The van der Waals surface area contributed by atoms with Crippen LogP contribution in [0.2, 0.25) is 4.34 Å². The third-order valence-corrected chi connectivity index (χ3v) is 6.88. The largest absolute Gasteiger partial charge is 0.340 e. The van der Waals surface area contributed by atoms with Crippen LogP contribution in [0.5, 0.6) is 0 Å². The van der Waals surface area contributed by atoms with Gasteiger partial charge in [-0.05, 0) is 12.1 Å². The van der Waals surface area contributed by atoms with Gasteiger partial charge in [0.15, 0.2) is 4.34 Å². The first-order valence-corrected chi connectivity index (χ1v) is 11.0. The lowest BCUT2D eigenvalue weighted by Crippen LogP contribution is -2.30. The number of aromatic nitrogens is 4. The van der Waals surface area contributed by atoms with Crippen LogP contribution >= 0.6 is 46.0 Å². The molecule has 3 rings (SSSR count). The van der Waals surface area contributed by atoms with Crippen LogP contribution in [0.1, 0.15) is 31.3 Å². The van der Waals surface area contributed by atoms with Gasteiger partial charge in [0.25, 0.3) is 5.56 Å². The van der Waals surface area contributed by atoms with Crippen LogP contribution in [-0.4, -0.2) is 43.4 Å². The Labute approximate surface area is 173 Å². The van der Waals surface area contributed by atoms with E-state index in [0.29, 0.717) is 25.9 Å². The Morgan fingerprint density at radius 3 is 2.67 bits per heavy atom. The second-order valence-electron chi connectivity index (χ2n) is 6.91. The van der Waals surface area contributed by atoms with E-state index in [0.717, 1.165) is 4.88 Å². The zero-order valence-electron chi connectivity index (χ0n) is 15.2. The molecular formula is C16H18ClN5O2S3. The summed E-state index contributed by atoms with van der Waals surface area (Å²) in [4.78, 5) is 28.0. The van der Waals surface area contributed by atoms with Crippen LogP contribution in [0.4, 0.5) is 0 Å². The molecule has 27 heavy (non-hydrogen) atoms. The van der Waals surface area contributed by atoms with Crippen LogP contribution in [0, 0.1) is 0 Å². The molecule has 7 nitrogen and oxygen atoms in total. The molecule has 0 aliphatic rings. The highest BCUT2D eigenvalue weighted by atomic mass is 35.5. The van der Waals surface area contributed by atoms with Crippen molar-refractivity contribution in [3.05, 3.63) is 37.4 Å². The maximum Gasteiger partial charge on any atom is 0.297 e. The van der Waals surface area contributed by atoms with Crippen LogP contribution in [0.25, 0.3) is 4.96 Å². The first-order chi connectivity index (χ1) is 12.6. The summed E-state index contributed by atoms with van der Waals surface area (Å²) in [5.74, 6) is 0.196. The summed E-state index contributed by atoms with van der Waals surface area (Å²) in [6.45, 7) is 6.23. The fraction of sp³-hybridized carbons (Fsp3) is 0.438. The van der Waals surface area contributed by atoms with Crippen LogP contribution < -0.4 is 5.56 Å². The van der Waals surface area contributed by atoms with E-state index in [-0.39, 0.29) is 17.2 Å². The molecule has 0 aliphatic heterocycles. The minimum Gasteiger partial charge on any atom is -0.340 e. The highest BCUT2D eigenvalue weighted by molar-refractivity contribution is 8.01. The number of hydrogen-bond acceptors (Lipinski definition) is 8. The van der Waals surface area contributed by atoms with E-state index in [1.807, 2.05) is 32.9 Å². The minimum absolute atomic E-state index is 0.0300. The smallest absolute Gasteiger partial charge is 0.297 e. The second-order valence-corrected chi connectivity index (χ2v) is 10.9. The number of halogens is 1. The number of nitrogens with zero attached hydrogens (tertiary/aromatic N) is 5. The highest BCUT2D eigenvalue weighted by Crippen LogP contribution is 2.25. The third kappa shape index (κ3) is 4.68. The Morgan fingerprint density at radius 2 is 2.04 bits per heavy atom. The van der Waals surface area contributed by atoms with Crippen molar-refractivity contribution in [2.24, 2.45) is 0 Å². The zero-order chi connectivity index (χ0) is 19.8. The van der Waals surface area contributed by atoms with Gasteiger partial charge in [-0.2, -0.15) is 4.52 Å². The van der Waals surface area contributed by atoms with Gasteiger partial charge in [-0.1, -0.05) is 55.5 Å². The first-order valence-electron chi connectivity index (χ1n) is 8.03. The van der Waals surface area contributed by atoms with Crippen molar-refractivity contribution in [3.8, 4) is 0 Å². The summed E-state index contributed by atoms with van der Waals surface area (Å²) in [5.41, 5.74) is -0.313. The van der Waals surface area contributed by atoms with E-state index < -0.39 is 5.41 Å². The average Bonchev–Trinajstić information content (AvgIpc) is 3.18. The number of hydrogen-bond donors (Lipinski definition) is 0. The molecule has 3 aromatic rings. The van der Waals surface area contributed by atoms with Gasteiger partial charge < -0.3 is 4.90 Å². The Bertz CT molecular complexity index is 1040. The molecule has 0 aromatic carbocycles. The molecule has 0 N–H and O–H groups in total. The topological polar surface area (TPSA) is 80.5 Å². The summed E-state index contributed by atoms with van der Waals surface area (Å²) < 4.78 is 2.58. The van der Waals surface area contributed by atoms with E-state index in [1.165, 1.54) is 39.0 Å². The van der Waals surface area contributed by atoms with Crippen molar-refractivity contribution in [3.63, 3.8) is 0 Å². The molecule has 0 atom stereocenters. The Kier molecular flexibility index (Phi) is 5.90. The molecule has 1 amide bonds. The Hall–Kier alpha value is -1.49. The molecule has 11 heteroatoms. The monoisotopic (exact) mass is 443 g/mol. The molecule has 144 valence electrons. The van der Waals surface area contributed by atoms with E-state index in [1.54, 1.807) is 11.9 Å². The third-order valence-electron chi connectivity index (χ3n) is 3.65. The van der Waals surface area contributed by atoms with Crippen molar-refractivity contribution in [2.45, 2.75) is 37.1 Å². The number of thiophene rings is 1. The van der Waals surface area contributed by atoms with E-state index >= 15 is 0 Å². The summed E-state index contributed by atoms with van der Waals surface area (Å²) in [6.07, 6.45) is 0. The van der Waals surface area contributed by atoms with Crippen molar-refractivity contribution in [1.82, 2.24) is 24.7 Å². The van der Waals surface area contributed by atoms with Gasteiger partial charge in [-0.3, -0.25) is 9.59 Å². The second kappa shape index (κ2) is 7.86. The van der Waals surface area contributed by atoms with Gasteiger partial charge in [-0.25, -0.2) is 0 Å². The lowest BCUT2D eigenvalue weighted by atomic mass is 9.93. The van der Waals surface area contributed by atoms with Crippen molar-refractivity contribution >= 4 is 56.9 Å². The lowest BCUT2D eigenvalue weighted by molar-refractivity contribution is -0.127. The summed E-state index contributed by atoms with van der Waals surface area (Å²) in [6, 6.07) is 3.73. The maximum absolute atomic E-state index is 12.6. The van der Waals surface area contributed by atoms with Crippen molar-refractivity contribution in [1.29, 1.82) is 0 Å². The van der Waals surface area contributed by atoms with Crippen LogP contribution in [-0.2, 0) is 16.8 Å². The van der Waals surface area contributed by atoms with Crippen LogP contribution in [0.3, 0.4) is 0 Å². The van der Waals surface area contributed by atoms with E-state index in [9.17, 15) is 9.59 Å². The zero-order valence-corrected chi connectivity index (χ0v) is 18.4. The van der Waals surface area contributed by atoms with Gasteiger partial charge in [0.1, 0.15) is 5.69 Å². The van der Waals surface area contributed by atoms with Gasteiger partial charge in [-0.15, -0.1) is 26.6 Å². The molecule has 0 aliphatic carbocycles. The SMILES string of the molecule is CN(Cc1ccc(Cl)s1)C(=O)CSc1nn2c(=O)c(C(C)(C)C)nnc2s1. The Balaban J connectivity index is 1.69. The lowest BCUT2D eigenvalue weighted by Gasteiger charge is -2.15. The molecule has 3 aromatic heterocycles. The average molecular weight is 444 g/mol. The standard InChI is InChI=1S/C16H18ClN5O2S3/c1-16(2,3)12-13(24)22-14(19-18-12)27-15(20-22)25-8-11(23)21(4)7-9-5-6-10(17)26-9/h5-6H,7-8H2,1-4H3. The molecule has 0 fully saturated rings. The van der Waals surface area contributed by atoms with Gasteiger partial charge in [0, 0.05) is 17.3 Å². The van der Waals surface area contributed by atoms with E-state index in [2.05, 4.69) is 15.3 Å². The molecule has 0 unspecified atom stereocenters. The molecule has 0 bridgehead atoms. The van der Waals surface area contributed by atoms with Gasteiger partial charge in [0.2, 0.25) is 10.9 Å². The Morgan fingerprint density at radius 1 is 1.30 bits per heavy atom. The number of amides is 1. The maximum atomic E-state index is 12.6.